The molecule has 0 fully saturated rings. The Morgan fingerprint density at radius 2 is 2.04 bits per heavy atom. The van der Waals surface area contributed by atoms with Gasteiger partial charge in [0, 0.05) is 28.5 Å². The molecule has 0 N–H and O–H groups in total. The van der Waals surface area contributed by atoms with E-state index in [1.165, 1.54) is 12.1 Å². The molecule has 0 aliphatic carbocycles. The maximum absolute atomic E-state index is 10.9. The molecule has 5 nitrogen and oxygen atoms in total. The second kappa shape index (κ2) is 4.52. The minimum Gasteiger partial charge on any atom is -0.458 e. The van der Waals surface area contributed by atoms with Crippen LogP contribution < -0.4 is 15.3 Å². The minimum atomic E-state index is -0.850. The Labute approximate surface area is 132 Å². The molecule has 0 amide bonds. The number of rotatable bonds is 1. The molecule has 2 aromatic carbocycles. The Bertz CT molecular complexity index is 1010. The quantitative estimate of drug-likeness (QED) is 0.600. The predicted octanol–water partition coefficient (Wildman–Crippen LogP) is 2.51. The number of fused-ring (bicyclic) bond motifs is 2. The lowest BCUT2D eigenvalue weighted by Gasteiger charge is -2.30. The number of benzene rings is 2. The van der Waals surface area contributed by atoms with Crippen LogP contribution in [0, 0.1) is 17.0 Å². The highest BCUT2D eigenvalue weighted by atomic mass is 16.6. The van der Waals surface area contributed by atoms with Crippen molar-refractivity contribution in [1.29, 1.82) is 0 Å². The first-order valence-electron chi connectivity index (χ1n) is 7.34. The molecule has 0 bridgehead atoms. The zero-order valence-electron chi connectivity index (χ0n) is 12.7. The van der Waals surface area contributed by atoms with E-state index in [0.717, 1.165) is 21.7 Å². The number of nitro groups is 1. The molecule has 4 rings (SSSR count). The number of nitro benzene ring substituents is 1. The van der Waals surface area contributed by atoms with E-state index in [1.807, 2.05) is 31.2 Å². The van der Waals surface area contributed by atoms with Crippen molar-refractivity contribution in [1.82, 2.24) is 0 Å². The van der Waals surface area contributed by atoms with Gasteiger partial charge in [0.25, 0.3) is 5.69 Å². The van der Waals surface area contributed by atoms with Gasteiger partial charge in [0.15, 0.2) is 0 Å². The fourth-order valence-corrected chi connectivity index (χ4v) is 3.21. The molecule has 0 aromatic heterocycles. The largest absolute Gasteiger partial charge is 0.458 e. The molecule has 114 valence electrons. The summed E-state index contributed by atoms with van der Waals surface area (Å²) >= 11 is 0. The summed E-state index contributed by atoms with van der Waals surface area (Å²) in [6.45, 7) is 4.07. The van der Waals surface area contributed by atoms with E-state index in [1.54, 1.807) is 6.07 Å². The highest BCUT2D eigenvalue weighted by molar-refractivity contribution is 5.71. The van der Waals surface area contributed by atoms with Crippen molar-refractivity contribution < 1.29 is 9.66 Å². The van der Waals surface area contributed by atoms with Crippen molar-refractivity contribution in [2.45, 2.75) is 19.6 Å². The Hall–Kier alpha value is -2.95. The van der Waals surface area contributed by atoms with Crippen LogP contribution in [-0.2, 0) is 0 Å². The zero-order chi connectivity index (χ0) is 16.2. The van der Waals surface area contributed by atoms with Gasteiger partial charge in [-0.05, 0) is 43.7 Å². The standard InChI is InChI=1S/C18H14N2O3/c1-11-4-3-5-15-17(11)12(2)18(19-15)9-8-13-10-14(20(21)22)6-7-16(13)23-18/h3-10H,1-2H3. The summed E-state index contributed by atoms with van der Waals surface area (Å²) in [4.78, 5) is 15.2. The molecule has 5 heteroatoms. The SMILES string of the molecule is CC1=c2c(C)cccc2=NC12C=Cc1cc([N+](=O)[O-])ccc1O2. The second-order valence-electron chi connectivity index (χ2n) is 5.82. The third-order valence-corrected chi connectivity index (χ3v) is 4.41. The monoisotopic (exact) mass is 306 g/mol. The molecule has 0 saturated carbocycles. The molecule has 1 atom stereocenters. The predicted molar refractivity (Wildman–Crippen MR) is 86.5 cm³/mol. The maximum Gasteiger partial charge on any atom is 0.270 e. The van der Waals surface area contributed by atoms with E-state index in [4.69, 9.17) is 9.73 Å². The highest BCUT2D eigenvalue weighted by Gasteiger charge is 2.38. The van der Waals surface area contributed by atoms with Crippen molar-refractivity contribution in [3.63, 3.8) is 0 Å². The van der Waals surface area contributed by atoms with Gasteiger partial charge < -0.3 is 4.74 Å². The Kier molecular flexibility index (Phi) is 2.69. The van der Waals surface area contributed by atoms with Gasteiger partial charge in [-0.2, -0.15) is 0 Å². The lowest BCUT2D eigenvalue weighted by Crippen LogP contribution is -2.34. The van der Waals surface area contributed by atoms with Crippen molar-refractivity contribution in [2.75, 3.05) is 0 Å². The molecule has 2 aliphatic rings. The topological polar surface area (TPSA) is 64.7 Å². The Morgan fingerprint density at radius 1 is 1.22 bits per heavy atom. The molecule has 0 radical (unpaired) electrons. The third kappa shape index (κ3) is 1.90. The average molecular weight is 306 g/mol. The molecule has 1 unspecified atom stereocenters. The van der Waals surface area contributed by atoms with Crippen LogP contribution in [0.5, 0.6) is 5.75 Å². The van der Waals surface area contributed by atoms with Gasteiger partial charge in [-0.25, -0.2) is 4.99 Å². The van der Waals surface area contributed by atoms with E-state index in [2.05, 4.69) is 13.0 Å². The first-order valence-corrected chi connectivity index (χ1v) is 7.34. The zero-order valence-corrected chi connectivity index (χ0v) is 12.7. The molecule has 2 aliphatic heterocycles. The number of hydrogen-bond donors (Lipinski definition) is 0. The second-order valence-corrected chi connectivity index (χ2v) is 5.82. The number of non-ortho nitro benzene ring substituents is 1. The minimum absolute atomic E-state index is 0.0520. The van der Waals surface area contributed by atoms with Crippen molar-refractivity contribution in [2.24, 2.45) is 4.99 Å². The lowest BCUT2D eigenvalue weighted by molar-refractivity contribution is -0.384. The summed E-state index contributed by atoms with van der Waals surface area (Å²) in [6.07, 6.45) is 3.72. The van der Waals surface area contributed by atoms with Crippen molar-refractivity contribution >= 4 is 17.3 Å². The molecule has 0 saturated heterocycles. The van der Waals surface area contributed by atoms with Gasteiger partial charge in [-0.15, -0.1) is 0 Å². The first kappa shape index (κ1) is 13.7. The molecule has 23 heavy (non-hydrogen) atoms. The molecule has 2 heterocycles. The van der Waals surface area contributed by atoms with E-state index in [9.17, 15) is 10.1 Å². The summed E-state index contributed by atoms with van der Waals surface area (Å²) in [5.41, 5.74) is 2.09. The van der Waals surface area contributed by atoms with Crippen LogP contribution >= 0.6 is 0 Å². The fourth-order valence-electron chi connectivity index (χ4n) is 3.21. The van der Waals surface area contributed by atoms with Crippen LogP contribution in [-0.4, -0.2) is 10.6 Å². The smallest absolute Gasteiger partial charge is 0.270 e. The lowest BCUT2D eigenvalue weighted by atomic mass is 9.98. The first-order chi connectivity index (χ1) is 11.0. The number of hydrogen-bond acceptors (Lipinski definition) is 4. The van der Waals surface area contributed by atoms with Gasteiger partial charge in [0.2, 0.25) is 5.72 Å². The maximum atomic E-state index is 10.9. The summed E-state index contributed by atoms with van der Waals surface area (Å²) in [5, 5.41) is 12.9. The molecule has 1 spiro atoms. The molecule has 2 aromatic rings. The number of aryl methyl sites for hydroxylation is 1. The van der Waals surface area contributed by atoms with Gasteiger partial charge in [0.05, 0.1) is 10.3 Å². The van der Waals surface area contributed by atoms with Crippen LogP contribution in [0.4, 0.5) is 5.69 Å². The molecular weight excluding hydrogens is 292 g/mol. The van der Waals surface area contributed by atoms with Crippen molar-refractivity contribution in [3.8, 4) is 5.75 Å². The van der Waals surface area contributed by atoms with E-state index in [-0.39, 0.29) is 5.69 Å². The van der Waals surface area contributed by atoms with Gasteiger partial charge in [-0.3, -0.25) is 10.1 Å². The van der Waals surface area contributed by atoms with Gasteiger partial charge >= 0.3 is 0 Å². The van der Waals surface area contributed by atoms with Gasteiger partial charge in [0.1, 0.15) is 5.75 Å². The summed E-state index contributed by atoms with van der Waals surface area (Å²) < 4.78 is 6.15. The van der Waals surface area contributed by atoms with Gasteiger partial charge in [-0.1, -0.05) is 12.1 Å². The summed E-state index contributed by atoms with van der Waals surface area (Å²) in [7, 11) is 0. The summed E-state index contributed by atoms with van der Waals surface area (Å²) in [5.74, 6) is 0.603. The number of nitrogens with zero attached hydrogens (tertiary/aromatic N) is 2. The van der Waals surface area contributed by atoms with Crippen molar-refractivity contribution in [3.05, 3.63) is 74.3 Å². The highest BCUT2D eigenvalue weighted by Crippen LogP contribution is 2.38. The normalized spacial score (nSPS) is 20.7. The number of ether oxygens (including phenoxy) is 1. The van der Waals surface area contributed by atoms with Crippen LogP contribution in [0.25, 0.3) is 11.6 Å². The molecular formula is C18H14N2O3. The van der Waals surface area contributed by atoms with E-state index >= 15 is 0 Å². The summed E-state index contributed by atoms with van der Waals surface area (Å²) in [6, 6.07) is 10.6. The Morgan fingerprint density at radius 3 is 2.78 bits per heavy atom. The third-order valence-electron chi connectivity index (χ3n) is 4.41. The van der Waals surface area contributed by atoms with Crippen LogP contribution in [0.3, 0.4) is 0 Å². The van der Waals surface area contributed by atoms with E-state index < -0.39 is 10.6 Å². The van der Waals surface area contributed by atoms with E-state index in [0.29, 0.717) is 11.3 Å². The fraction of sp³-hybridized carbons (Fsp3) is 0.167. The van der Waals surface area contributed by atoms with Crippen LogP contribution in [0.1, 0.15) is 18.1 Å². The average Bonchev–Trinajstić information content (AvgIpc) is 2.80. The Balaban J connectivity index is 1.87. The van der Waals surface area contributed by atoms with Crippen LogP contribution in [0.2, 0.25) is 0 Å². The van der Waals surface area contributed by atoms with Crippen LogP contribution in [0.15, 0.2) is 47.5 Å².